The van der Waals surface area contributed by atoms with Crippen molar-refractivity contribution in [2.24, 2.45) is 14.1 Å². The van der Waals surface area contributed by atoms with Gasteiger partial charge in [0.1, 0.15) is 0 Å². The fraction of sp³-hybridized carbons (Fsp3) is 0.417. The van der Waals surface area contributed by atoms with Gasteiger partial charge in [0.15, 0.2) is 11.3 Å². The average molecular weight is 360 g/mol. The Hall–Kier alpha value is -1.72. The van der Waals surface area contributed by atoms with Crippen LogP contribution in [0.3, 0.4) is 0 Å². The highest BCUT2D eigenvalue weighted by Gasteiger charge is 2.45. The number of aromatic nitrogens is 2. The van der Waals surface area contributed by atoms with Crippen molar-refractivity contribution in [2.45, 2.75) is 13.6 Å². The van der Waals surface area contributed by atoms with Crippen molar-refractivity contribution in [3.05, 3.63) is 29.8 Å². The van der Waals surface area contributed by atoms with E-state index in [4.69, 9.17) is 0 Å². The van der Waals surface area contributed by atoms with E-state index < -0.39 is 28.2 Å². The summed E-state index contributed by atoms with van der Waals surface area (Å²) >= 11 is 0. The number of hydrogen-bond donors (Lipinski definition) is 0. The molecule has 0 aliphatic heterocycles. The van der Waals surface area contributed by atoms with Gasteiger partial charge in [-0.05, 0) is 12.1 Å². The normalized spacial score (nSPS) is 11.7. The SMILES string of the molecule is C.COS(=O)(=O)[O-].Cn1c(C(F)(F)F)[n+](C)c2c(F)cccc21. The van der Waals surface area contributed by atoms with Gasteiger partial charge in [0.25, 0.3) is 0 Å². The molecular weight excluding hydrogens is 344 g/mol. The molecule has 1 aromatic carbocycles. The number of fused-ring (bicyclic) bond motifs is 1. The van der Waals surface area contributed by atoms with Crippen LogP contribution in [-0.4, -0.2) is 24.6 Å². The molecule has 0 bridgehead atoms. The molecule has 132 valence electrons. The number of rotatable bonds is 1. The molecule has 23 heavy (non-hydrogen) atoms. The lowest BCUT2D eigenvalue weighted by Gasteiger charge is -2.01. The van der Waals surface area contributed by atoms with Crippen LogP contribution in [0.15, 0.2) is 18.2 Å². The molecule has 2 aromatic rings. The third kappa shape index (κ3) is 4.88. The third-order valence-corrected chi connectivity index (χ3v) is 3.16. The minimum atomic E-state index is -4.50. The van der Waals surface area contributed by atoms with Gasteiger partial charge in [-0.1, -0.05) is 13.5 Å². The summed E-state index contributed by atoms with van der Waals surface area (Å²) in [6.45, 7) is 0. The number of imidazole rings is 1. The summed E-state index contributed by atoms with van der Waals surface area (Å²) in [6, 6.07) is 3.98. The van der Waals surface area contributed by atoms with Gasteiger partial charge in [0.05, 0.1) is 21.2 Å². The van der Waals surface area contributed by atoms with Gasteiger partial charge in [0, 0.05) is 0 Å². The summed E-state index contributed by atoms with van der Waals surface area (Å²) < 4.78 is 84.4. The molecule has 0 fully saturated rings. The molecule has 0 N–H and O–H groups in total. The van der Waals surface area contributed by atoms with Gasteiger partial charge in [0.2, 0.25) is 15.9 Å². The van der Waals surface area contributed by atoms with E-state index in [-0.39, 0.29) is 18.5 Å². The van der Waals surface area contributed by atoms with Crippen LogP contribution < -0.4 is 4.57 Å². The lowest BCUT2D eigenvalue weighted by Crippen LogP contribution is -2.38. The maximum Gasteiger partial charge on any atom is 0.495 e. The lowest BCUT2D eigenvalue weighted by atomic mass is 10.3. The zero-order chi connectivity index (χ0) is 17.3. The van der Waals surface area contributed by atoms with Gasteiger partial charge in [-0.15, -0.1) is 0 Å². The number of alkyl halides is 3. The van der Waals surface area contributed by atoms with E-state index in [1.54, 1.807) is 0 Å². The molecule has 2 rings (SSSR count). The molecule has 0 saturated carbocycles. The van der Waals surface area contributed by atoms with Crippen LogP contribution in [0.25, 0.3) is 11.0 Å². The maximum atomic E-state index is 13.4. The van der Waals surface area contributed by atoms with Crippen LogP contribution >= 0.6 is 0 Å². The van der Waals surface area contributed by atoms with E-state index in [1.165, 1.54) is 26.2 Å². The van der Waals surface area contributed by atoms with E-state index in [1.807, 2.05) is 0 Å². The van der Waals surface area contributed by atoms with Crippen LogP contribution in [0.1, 0.15) is 13.3 Å². The Bertz CT molecular complexity index is 784. The Kier molecular flexibility index (Phi) is 6.69. The van der Waals surface area contributed by atoms with E-state index in [0.717, 1.165) is 22.3 Å². The number of nitrogens with zero attached hydrogens (tertiary/aromatic N) is 2. The first-order valence-corrected chi connectivity index (χ1v) is 6.95. The monoisotopic (exact) mass is 360 g/mol. The molecule has 0 aliphatic rings. The zero-order valence-electron chi connectivity index (χ0n) is 11.7. The van der Waals surface area contributed by atoms with Crippen molar-refractivity contribution in [1.82, 2.24) is 4.57 Å². The van der Waals surface area contributed by atoms with Crippen molar-refractivity contribution in [3.63, 3.8) is 0 Å². The highest BCUT2D eigenvalue weighted by Crippen LogP contribution is 2.29. The van der Waals surface area contributed by atoms with Gasteiger partial charge >= 0.3 is 12.0 Å². The first-order valence-electron chi connectivity index (χ1n) is 5.61. The van der Waals surface area contributed by atoms with Crippen molar-refractivity contribution in [2.75, 3.05) is 7.11 Å². The predicted molar refractivity (Wildman–Crippen MR) is 72.5 cm³/mol. The number of halogens is 4. The smallest absolute Gasteiger partial charge is 0.495 e. The standard InChI is InChI=1S/C10H9F4N2.CH4O4S.CH4/c1-15-7-5-3-4-6(11)8(7)16(2)9(15)10(12,13)14;1-5-6(2,3)4;/h3-5H,1-2H3;1H3,(H,2,3,4);1H4/q+1;;/p-1. The molecule has 1 heterocycles. The van der Waals surface area contributed by atoms with Gasteiger partial charge in [-0.2, -0.15) is 13.2 Å². The lowest BCUT2D eigenvalue weighted by molar-refractivity contribution is -0.668. The molecule has 0 spiro atoms. The molecule has 0 unspecified atom stereocenters. The second-order valence-corrected chi connectivity index (χ2v) is 5.27. The minimum Gasteiger partial charge on any atom is -0.726 e. The molecule has 0 aliphatic carbocycles. The topological polar surface area (TPSA) is 75.2 Å². The predicted octanol–water partition coefficient (Wildman–Crippen LogP) is 1.89. The molecular formula is C12H16F4N2O4S. The first-order chi connectivity index (χ1) is 9.90. The van der Waals surface area contributed by atoms with Crippen LogP contribution in [0.2, 0.25) is 0 Å². The average Bonchev–Trinajstić information content (AvgIpc) is 2.62. The number of hydrogen-bond acceptors (Lipinski definition) is 4. The largest absolute Gasteiger partial charge is 0.726 e. The van der Waals surface area contributed by atoms with Gasteiger partial charge in [-0.25, -0.2) is 21.9 Å². The van der Waals surface area contributed by atoms with Crippen molar-refractivity contribution in [3.8, 4) is 0 Å². The summed E-state index contributed by atoms with van der Waals surface area (Å²) in [7, 11) is -1.13. The molecule has 0 amide bonds. The summed E-state index contributed by atoms with van der Waals surface area (Å²) in [6.07, 6.45) is -4.50. The number of benzene rings is 1. The first kappa shape index (κ1) is 21.3. The summed E-state index contributed by atoms with van der Waals surface area (Å²) in [5.74, 6) is -1.54. The molecule has 0 atom stereocenters. The van der Waals surface area contributed by atoms with E-state index >= 15 is 0 Å². The van der Waals surface area contributed by atoms with Gasteiger partial charge in [-0.3, -0.25) is 4.18 Å². The molecule has 1 aromatic heterocycles. The summed E-state index contributed by atoms with van der Waals surface area (Å²) in [4.78, 5) is 0. The third-order valence-electron chi connectivity index (χ3n) is 2.76. The van der Waals surface area contributed by atoms with Crippen molar-refractivity contribution < 1.29 is 39.3 Å². The second kappa shape index (κ2) is 7.23. The van der Waals surface area contributed by atoms with Crippen molar-refractivity contribution >= 4 is 21.4 Å². The molecule has 0 radical (unpaired) electrons. The van der Waals surface area contributed by atoms with Gasteiger partial charge < -0.3 is 4.55 Å². The van der Waals surface area contributed by atoms with E-state index in [0.29, 0.717) is 0 Å². The maximum absolute atomic E-state index is 13.4. The highest BCUT2D eigenvalue weighted by atomic mass is 32.3. The summed E-state index contributed by atoms with van der Waals surface area (Å²) in [5, 5.41) is 0. The molecule has 11 heteroatoms. The molecule has 6 nitrogen and oxygen atoms in total. The van der Waals surface area contributed by atoms with Crippen molar-refractivity contribution in [1.29, 1.82) is 0 Å². The Morgan fingerprint density at radius 1 is 1.30 bits per heavy atom. The number of aryl methyl sites for hydroxylation is 2. The number of para-hydroxylation sites is 1. The van der Waals surface area contributed by atoms with E-state index in [2.05, 4.69) is 4.18 Å². The zero-order valence-corrected chi connectivity index (χ0v) is 12.5. The Morgan fingerprint density at radius 2 is 1.78 bits per heavy atom. The Labute approximate surface area is 130 Å². The van der Waals surface area contributed by atoms with E-state index in [9.17, 15) is 30.5 Å². The fourth-order valence-corrected chi connectivity index (χ4v) is 1.93. The van der Waals surface area contributed by atoms with Crippen LogP contribution in [0.5, 0.6) is 0 Å². The highest BCUT2D eigenvalue weighted by molar-refractivity contribution is 7.80. The fourth-order valence-electron chi connectivity index (χ4n) is 1.93. The quantitative estimate of drug-likeness (QED) is 0.337. The van der Waals surface area contributed by atoms with Crippen LogP contribution in [-0.2, 0) is 34.9 Å². The second-order valence-electron chi connectivity index (χ2n) is 4.12. The van der Waals surface area contributed by atoms with Crippen LogP contribution in [0, 0.1) is 5.82 Å². The van der Waals surface area contributed by atoms with Crippen LogP contribution in [0.4, 0.5) is 17.6 Å². The minimum absolute atomic E-state index is 0. The Balaban J connectivity index is 0.000000599. The summed E-state index contributed by atoms with van der Waals surface area (Å²) in [5.41, 5.74) is 0.173. The Morgan fingerprint density at radius 3 is 2.13 bits per heavy atom. The molecule has 0 saturated heterocycles.